The Morgan fingerprint density at radius 2 is 2.15 bits per heavy atom. The highest BCUT2D eigenvalue weighted by atomic mass is 32.1. The molecular formula is C20H26N8O5S. The summed E-state index contributed by atoms with van der Waals surface area (Å²) in [4.78, 5) is 54.1. The molecule has 1 saturated heterocycles. The Balaban J connectivity index is 1.65. The van der Waals surface area contributed by atoms with E-state index >= 15 is 0 Å². The summed E-state index contributed by atoms with van der Waals surface area (Å²) in [6.07, 6.45) is 1.36. The number of carbonyl (C=O) groups is 3. The van der Waals surface area contributed by atoms with Gasteiger partial charge in [-0.3, -0.25) is 14.5 Å². The van der Waals surface area contributed by atoms with Gasteiger partial charge < -0.3 is 25.5 Å². The number of fused-ring (bicyclic) bond motifs is 4. The van der Waals surface area contributed by atoms with Crippen molar-refractivity contribution >= 4 is 40.3 Å². The summed E-state index contributed by atoms with van der Waals surface area (Å²) in [6.45, 7) is 3.41. The lowest BCUT2D eigenvalue weighted by molar-refractivity contribution is -0.158. The Morgan fingerprint density at radius 3 is 2.79 bits per heavy atom. The lowest BCUT2D eigenvalue weighted by atomic mass is 9.90. The molecule has 0 unspecified atom stereocenters. The molecule has 182 valence electrons. The number of nitrogens with two attached hydrogens (primary N) is 1. The fourth-order valence-corrected chi connectivity index (χ4v) is 4.60. The minimum atomic E-state index is -1.31. The van der Waals surface area contributed by atoms with Crippen molar-refractivity contribution in [2.24, 2.45) is 17.5 Å². The number of likely N-dealkylation sites (N-methyl/N-ethyl adjacent to an activating group) is 1. The fourth-order valence-electron chi connectivity index (χ4n) is 4.04. The first-order chi connectivity index (χ1) is 16.0. The van der Waals surface area contributed by atoms with Gasteiger partial charge in [-0.1, -0.05) is 0 Å². The first-order valence-corrected chi connectivity index (χ1v) is 11.4. The summed E-state index contributed by atoms with van der Waals surface area (Å²) in [6, 6.07) is -1.05. The van der Waals surface area contributed by atoms with E-state index in [1.54, 1.807) is 40.2 Å². The number of nitrogens with one attached hydrogen (secondary N) is 1. The monoisotopic (exact) mass is 490 g/mol. The van der Waals surface area contributed by atoms with Gasteiger partial charge in [-0.25, -0.2) is 20.1 Å². The van der Waals surface area contributed by atoms with Gasteiger partial charge in [0.25, 0.3) is 0 Å². The molecule has 2 bridgehead atoms. The number of hydrogen-bond acceptors (Lipinski definition) is 9. The van der Waals surface area contributed by atoms with E-state index in [2.05, 4.69) is 20.6 Å². The molecule has 0 spiro atoms. The molecule has 34 heavy (non-hydrogen) atoms. The van der Waals surface area contributed by atoms with Gasteiger partial charge in [-0.05, 0) is 13.8 Å². The molecule has 2 aromatic rings. The second-order valence-corrected chi connectivity index (χ2v) is 9.78. The minimum absolute atomic E-state index is 0.124. The number of carbonyl (C=O) groups excluding carboxylic acids is 2. The Morgan fingerprint density at radius 1 is 1.41 bits per heavy atom. The van der Waals surface area contributed by atoms with Crippen LogP contribution in [-0.2, 0) is 28.0 Å². The summed E-state index contributed by atoms with van der Waals surface area (Å²) in [5.74, 6) is -1.70. The normalized spacial score (nSPS) is 19.9. The predicted octanol–water partition coefficient (Wildman–Crippen LogP) is 1.07. The van der Waals surface area contributed by atoms with Gasteiger partial charge in [0, 0.05) is 31.6 Å². The Labute approximate surface area is 199 Å². The molecule has 2 amide bonds. The highest BCUT2D eigenvalue weighted by molar-refractivity contribution is 7.13. The summed E-state index contributed by atoms with van der Waals surface area (Å²) in [7, 11) is 3.49. The maximum absolute atomic E-state index is 13.0. The first kappa shape index (κ1) is 23.5. The predicted molar refractivity (Wildman–Crippen MR) is 121 cm³/mol. The zero-order valence-electron chi connectivity index (χ0n) is 19.2. The molecule has 4 heterocycles. The number of urea groups is 1. The second kappa shape index (κ2) is 8.59. The van der Waals surface area contributed by atoms with Crippen molar-refractivity contribution < 1.29 is 24.3 Å². The Hall–Kier alpha value is -3.68. The molecule has 4 N–H and O–H groups in total. The minimum Gasteiger partial charge on any atom is -0.481 e. The van der Waals surface area contributed by atoms with Gasteiger partial charge in [0.05, 0.1) is 42.0 Å². The highest BCUT2D eigenvalue weighted by Crippen LogP contribution is 2.43. The number of rotatable bonds is 6. The number of nitrogen functional groups attached to an aromatic ring is 1. The van der Waals surface area contributed by atoms with Crippen LogP contribution in [0.3, 0.4) is 0 Å². The lowest BCUT2D eigenvalue weighted by Gasteiger charge is -2.32. The van der Waals surface area contributed by atoms with Gasteiger partial charge >= 0.3 is 18.0 Å². The van der Waals surface area contributed by atoms with Crippen LogP contribution in [-0.4, -0.2) is 67.1 Å². The Bertz CT molecular complexity index is 1170. The number of aliphatic carboxylic acids is 1. The molecule has 13 nitrogen and oxygen atoms in total. The largest absolute Gasteiger partial charge is 0.481 e. The third-order valence-electron chi connectivity index (χ3n) is 6.00. The van der Waals surface area contributed by atoms with Crippen LogP contribution in [0.15, 0.2) is 16.6 Å². The summed E-state index contributed by atoms with van der Waals surface area (Å²) in [5.41, 5.74) is 9.24. The number of anilines is 1. The van der Waals surface area contributed by atoms with Crippen LogP contribution in [0.25, 0.3) is 0 Å². The Kier molecular flexibility index (Phi) is 5.93. The molecule has 2 aliphatic rings. The fraction of sp³-hybridized carbons (Fsp3) is 0.500. The number of hydrogen-bond donors (Lipinski definition) is 3. The molecule has 2 aliphatic heterocycles. The topological polar surface area (TPSA) is 168 Å². The number of aliphatic imine (C=N–C) groups is 1. The molecule has 2 aromatic heterocycles. The van der Waals surface area contributed by atoms with Crippen LogP contribution < -0.4 is 11.2 Å². The molecule has 0 radical (unpaired) electrons. The lowest BCUT2D eigenvalue weighted by Crippen LogP contribution is -2.45. The van der Waals surface area contributed by atoms with E-state index < -0.39 is 23.4 Å². The molecule has 0 aliphatic carbocycles. The third-order valence-corrected chi connectivity index (χ3v) is 6.73. The van der Waals surface area contributed by atoms with Crippen LogP contribution >= 0.6 is 11.3 Å². The smallest absolute Gasteiger partial charge is 0.333 e. The van der Waals surface area contributed by atoms with Crippen LogP contribution in [0.1, 0.15) is 49.3 Å². The summed E-state index contributed by atoms with van der Waals surface area (Å²) in [5, 5.41) is 15.8. The third kappa shape index (κ3) is 4.16. The van der Waals surface area contributed by atoms with Crippen LogP contribution in [0.4, 0.5) is 9.93 Å². The zero-order chi connectivity index (χ0) is 24.8. The van der Waals surface area contributed by atoms with Crippen molar-refractivity contribution in [1.82, 2.24) is 30.0 Å². The number of aryl methyl sites for hydroxylation is 1. The molecule has 0 saturated carbocycles. The van der Waals surface area contributed by atoms with Gasteiger partial charge in [0.15, 0.2) is 11.0 Å². The van der Waals surface area contributed by atoms with Crippen molar-refractivity contribution in [2.45, 2.75) is 38.9 Å². The quantitative estimate of drug-likeness (QED) is 0.305. The average molecular weight is 491 g/mol. The van der Waals surface area contributed by atoms with Crippen LogP contribution in [0.2, 0.25) is 0 Å². The maximum Gasteiger partial charge on any atom is 0.333 e. The molecule has 4 rings (SSSR count). The molecule has 2 atom stereocenters. The summed E-state index contributed by atoms with van der Waals surface area (Å²) < 4.78 is 1.67. The highest BCUT2D eigenvalue weighted by Gasteiger charge is 2.50. The van der Waals surface area contributed by atoms with E-state index in [0.29, 0.717) is 17.4 Å². The standard InChI is InChI=1S/C20H26N8O5S/c1-20(2,17(30)31)5-13(29)33-25-16(22-6-10-9-34-18(21)24-10)15-14-11(7-23-27(14)4)12-8-28(15)19(32)26(12)3/h7,9,12,15H,5-6,8H2,1-4H3,(H2,21,24)(H,22,25)(H,30,31)/t12-,15-/m0/s1. The van der Waals surface area contributed by atoms with Crippen molar-refractivity contribution in [2.75, 3.05) is 19.3 Å². The van der Waals surface area contributed by atoms with Crippen LogP contribution in [0.5, 0.6) is 0 Å². The number of amidine groups is 1. The van der Waals surface area contributed by atoms with Gasteiger partial charge in [0.1, 0.15) is 6.04 Å². The van der Waals surface area contributed by atoms with E-state index in [1.807, 2.05) is 0 Å². The second-order valence-electron chi connectivity index (χ2n) is 8.89. The van der Waals surface area contributed by atoms with E-state index in [0.717, 1.165) is 11.3 Å². The number of carboxylic acid groups (broad SMARTS) is 1. The van der Waals surface area contributed by atoms with Crippen LogP contribution in [0, 0.1) is 5.41 Å². The summed E-state index contributed by atoms with van der Waals surface area (Å²) >= 11 is 1.27. The number of aromatic nitrogens is 3. The van der Waals surface area contributed by atoms with Gasteiger partial charge in [-0.2, -0.15) is 5.10 Å². The first-order valence-electron chi connectivity index (χ1n) is 10.5. The number of nitrogens with zero attached hydrogens (tertiary/aromatic N) is 6. The number of thiazole rings is 1. The number of amides is 2. The van der Waals surface area contributed by atoms with Crippen molar-refractivity contribution in [3.63, 3.8) is 0 Å². The van der Waals surface area contributed by atoms with E-state index in [1.165, 1.54) is 25.2 Å². The average Bonchev–Trinajstić information content (AvgIpc) is 3.43. The number of carboxylic acids is 1. The van der Waals surface area contributed by atoms with E-state index in [-0.39, 0.29) is 30.9 Å². The SMILES string of the molecule is CN1C(=O)N2C[C@H]1c1cnn(C)c1[C@H]2C(=NCc1csc(N)n1)NOC(=O)CC(C)(C)C(=O)O. The zero-order valence-corrected chi connectivity index (χ0v) is 20.0. The maximum atomic E-state index is 13.0. The van der Waals surface area contributed by atoms with E-state index in [4.69, 9.17) is 10.6 Å². The van der Waals surface area contributed by atoms with E-state index in [9.17, 15) is 19.5 Å². The molecular weight excluding hydrogens is 464 g/mol. The molecule has 1 fully saturated rings. The van der Waals surface area contributed by atoms with Gasteiger partial charge in [-0.15, -0.1) is 11.3 Å². The van der Waals surface area contributed by atoms with Crippen molar-refractivity contribution in [3.8, 4) is 0 Å². The van der Waals surface area contributed by atoms with Crippen molar-refractivity contribution in [1.29, 1.82) is 0 Å². The van der Waals surface area contributed by atoms with Gasteiger partial charge in [0.2, 0.25) is 0 Å². The molecule has 14 heteroatoms. The van der Waals surface area contributed by atoms with Crippen molar-refractivity contribution in [3.05, 3.63) is 28.5 Å². The molecule has 0 aromatic carbocycles. The number of hydroxylamine groups is 1.